The summed E-state index contributed by atoms with van der Waals surface area (Å²) in [5.41, 5.74) is 0.333. The molecule has 1 aliphatic rings. The first-order valence-electron chi connectivity index (χ1n) is 13.3. The SMILES string of the molecule is CO[C@@H]1CN(C)C(=O)c2ccc(NC(=O)c3ccccc3F)cc2OC[C@@H](C)N(C(=O)c2ccccc2F)C[C@@H]1C. The van der Waals surface area contributed by atoms with Crippen molar-refractivity contribution in [1.29, 1.82) is 0 Å². The van der Waals surface area contributed by atoms with E-state index < -0.39 is 35.6 Å². The number of hydrogen-bond donors (Lipinski definition) is 1. The van der Waals surface area contributed by atoms with Gasteiger partial charge >= 0.3 is 0 Å². The smallest absolute Gasteiger partial charge is 0.258 e. The molecule has 41 heavy (non-hydrogen) atoms. The molecule has 3 atom stereocenters. The maximum Gasteiger partial charge on any atom is 0.258 e. The molecule has 3 aromatic carbocycles. The topological polar surface area (TPSA) is 88.2 Å². The van der Waals surface area contributed by atoms with Gasteiger partial charge in [-0.15, -0.1) is 0 Å². The van der Waals surface area contributed by atoms with Gasteiger partial charge in [-0.1, -0.05) is 31.2 Å². The van der Waals surface area contributed by atoms with Crippen molar-refractivity contribution < 1.29 is 32.6 Å². The van der Waals surface area contributed by atoms with Gasteiger partial charge in [-0.05, 0) is 43.3 Å². The number of rotatable bonds is 4. The van der Waals surface area contributed by atoms with E-state index in [1.54, 1.807) is 38.1 Å². The van der Waals surface area contributed by atoms with E-state index in [9.17, 15) is 23.2 Å². The van der Waals surface area contributed by atoms with Crippen LogP contribution in [0.25, 0.3) is 0 Å². The van der Waals surface area contributed by atoms with E-state index in [-0.39, 0.29) is 59.6 Å². The monoisotopic (exact) mass is 565 g/mol. The lowest BCUT2D eigenvalue weighted by atomic mass is 10.0. The van der Waals surface area contributed by atoms with E-state index in [1.807, 2.05) is 6.92 Å². The summed E-state index contributed by atoms with van der Waals surface area (Å²) in [6.45, 7) is 4.10. The molecule has 216 valence electrons. The number of carbonyl (C=O) groups is 3. The third-order valence-electron chi connectivity index (χ3n) is 7.19. The van der Waals surface area contributed by atoms with Gasteiger partial charge in [0, 0.05) is 44.9 Å². The quantitative estimate of drug-likeness (QED) is 0.488. The van der Waals surface area contributed by atoms with Gasteiger partial charge in [0.15, 0.2) is 0 Å². The molecule has 3 aromatic rings. The zero-order valence-corrected chi connectivity index (χ0v) is 23.4. The van der Waals surface area contributed by atoms with Crippen LogP contribution in [-0.4, -0.2) is 73.5 Å². The van der Waals surface area contributed by atoms with E-state index in [1.165, 1.54) is 59.5 Å². The van der Waals surface area contributed by atoms with Crippen LogP contribution in [0.3, 0.4) is 0 Å². The molecule has 1 N–H and O–H groups in total. The maximum absolute atomic E-state index is 14.6. The Kier molecular flexibility index (Phi) is 9.34. The fraction of sp³-hybridized carbons (Fsp3) is 0.323. The lowest BCUT2D eigenvalue weighted by molar-refractivity contribution is 0.0110. The second kappa shape index (κ2) is 12.9. The number of fused-ring (bicyclic) bond motifs is 1. The van der Waals surface area contributed by atoms with Gasteiger partial charge < -0.3 is 24.6 Å². The highest BCUT2D eigenvalue weighted by molar-refractivity contribution is 6.05. The molecule has 0 radical (unpaired) electrons. The van der Waals surface area contributed by atoms with Crippen LogP contribution in [0.4, 0.5) is 14.5 Å². The zero-order chi connectivity index (χ0) is 29.7. The summed E-state index contributed by atoms with van der Waals surface area (Å²) in [4.78, 5) is 42.7. The van der Waals surface area contributed by atoms with Crippen molar-refractivity contribution >= 4 is 23.4 Å². The Morgan fingerprint density at radius 3 is 2.22 bits per heavy atom. The Morgan fingerprint density at radius 1 is 0.951 bits per heavy atom. The molecule has 0 unspecified atom stereocenters. The number of ether oxygens (including phenoxy) is 2. The Labute approximate surface area is 237 Å². The van der Waals surface area contributed by atoms with Crippen molar-refractivity contribution in [1.82, 2.24) is 9.80 Å². The van der Waals surface area contributed by atoms with E-state index in [4.69, 9.17) is 9.47 Å². The van der Waals surface area contributed by atoms with Gasteiger partial charge in [0.1, 0.15) is 24.0 Å². The number of methoxy groups -OCH3 is 1. The van der Waals surface area contributed by atoms with Crippen LogP contribution in [0.5, 0.6) is 5.75 Å². The number of likely N-dealkylation sites (N-methyl/N-ethyl adjacent to an activating group) is 1. The molecular weight excluding hydrogens is 532 g/mol. The molecular formula is C31H33F2N3O5. The number of anilines is 1. The maximum atomic E-state index is 14.6. The fourth-order valence-electron chi connectivity index (χ4n) is 4.77. The minimum Gasteiger partial charge on any atom is -0.491 e. The Bertz CT molecular complexity index is 1430. The third-order valence-corrected chi connectivity index (χ3v) is 7.19. The van der Waals surface area contributed by atoms with E-state index >= 15 is 0 Å². The normalized spacial score (nSPS) is 19.9. The summed E-state index contributed by atoms with van der Waals surface area (Å²) < 4.78 is 40.5. The number of nitrogens with zero attached hydrogens (tertiary/aromatic N) is 2. The fourth-order valence-corrected chi connectivity index (χ4v) is 4.77. The summed E-state index contributed by atoms with van der Waals surface area (Å²) in [6.07, 6.45) is -0.421. The lowest BCUT2D eigenvalue weighted by Crippen LogP contribution is -2.48. The predicted octanol–water partition coefficient (Wildman–Crippen LogP) is 4.86. The second-order valence-corrected chi connectivity index (χ2v) is 10.2. The number of amides is 3. The summed E-state index contributed by atoms with van der Waals surface area (Å²) in [7, 11) is 3.18. The van der Waals surface area contributed by atoms with Crippen molar-refractivity contribution in [3.8, 4) is 5.75 Å². The van der Waals surface area contributed by atoms with Crippen LogP contribution in [0.2, 0.25) is 0 Å². The van der Waals surface area contributed by atoms with Crippen LogP contribution in [0, 0.1) is 17.6 Å². The van der Waals surface area contributed by atoms with Crippen molar-refractivity contribution in [3.63, 3.8) is 0 Å². The van der Waals surface area contributed by atoms with Crippen molar-refractivity contribution in [3.05, 3.63) is 95.1 Å². The number of benzene rings is 3. The van der Waals surface area contributed by atoms with Crippen LogP contribution >= 0.6 is 0 Å². The van der Waals surface area contributed by atoms with Crippen molar-refractivity contribution in [2.45, 2.75) is 26.0 Å². The average molecular weight is 566 g/mol. The highest BCUT2D eigenvalue weighted by Gasteiger charge is 2.31. The zero-order valence-electron chi connectivity index (χ0n) is 23.4. The van der Waals surface area contributed by atoms with Gasteiger partial charge in [0.05, 0.1) is 28.8 Å². The van der Waals surface area contributed by atoms with E-state index in [0.29, 0.717) is 0 Å². The van der Waals surface area contributed by atoms with Crippen molar-refractivity contribution in [2.75, 3.05) is 39.2 Å². The predicted molar refractivity (Wildman–Crippen MR) is 150 cm³/mol. The standard InChI is InChI=1S/C31H33F2N3O5/c1-19-16-36(31(39)23-10-6-8-12-26(23)33)20(2)18-41-27-15-21(34-29(37)22-9-5-7-11-25(22)32)13-14-24(27)30(38)35(3)17-28(19)40-4/h5-15,19-20,28H,16-18H2,1-4H3,(H,34,37)/t19-,20+,28+/m0/s1. The highest BCUT2D eigenvalue weighted by Crippen LogP contribution is 2.28. The first-order chi connectivity index (χ1) is 19.6. The average Bonchev–Trinajstić information content (AvgIpc) is 2.96. The molecule has 0 aliphatic carbocycles. The molecule has 0 fully saturated rings. The summed E-state index contributed by atoms with van der Waals surface area (Å²) >= 11 is 0. The first kappa shape index (κ1) is 29.7. The molecule has 10 heteroatoms. The van der Waals surface area contributed by atoms with Crippen LogP contribution in [0.1, 0.15) is 44.9 Å². The Balaban J connectivity index is 1.68. The largest absolute Gasteiger partial charge is 0.491 e. The minimum absolute atomic E-state index is 0.0285. The van der Waals surface area contributed by atoms with Crippen LogP contribution in [-0.2, 0) is 4.74 Å². The van der Waals surface area contributed by atoms with E-state index in [2.05, 4.69) is 5.32 Å². The molecule has 0 saturated heterocycles. The molecule has 4 rings (SSSR count). The highest BCUT2D eigenvalue weighted by atomic mass is 19.1. The van der Waals surface area contributed by atoms with Crippen molar-refractivity contribution in [2.24, 2.45) is 5.92 Å². The van der Waals surface area contributed by atoms with Gasteiger partial charge in [-0.25, -0.2) is 8.78 Å². The van der Waals surface area contributed by atoms with Gasteiger partial charge in [-0.3, -0.25) is 14.4 Å². The molecule has 0 aromatic heterocycles. The van der Waals surface area contributed by atoms with Crippen LogP contribution < -0.4 is 10.1 Å². The van der Waals surface area contributed by atoms with Gasteiger partial charge in [0.25, 0.3) is 17.7 Å². The Hall–Kier alpha value is -4.31. The number of nitrogens with one attached hydrogen (secondary N) is 1. The van der Waals surface area contributed by atoms with Gasteiger partial charge in [-0.2, -0.15) is 0 Å². The summed E-state index contributed by atoms with van der Waals surface area (Å²) in [5.74, 6) is -2.81. The minimum atomic E-state index is -0.667. The molecule has 0 spiro atoms. The number of halogens is 2. The number of carbonyl (C=O) groups excluding carboxylic acids is 3. The summed E-state index contributed by atoms with van der Waals surface area (Å²) in [5, 5.41) is 2.64. The second-order valence-electron chi connectivity index (χ2n) is 10.2. The molecule has 8 nitrogen and oxygen atoms in total. The first-order valence-corrected chi connectivity index (χ1v) is 13.3. The van der Waals surface area contributed by atoms with Crippen LogP contribution in [0.15, 0.2) is 66.7 Å². The molecule has 3 amide bonds. The van der Waals surface area contributed by atoms with Gasteiger partial charge in [0.2, 0.25) is 0 Å². The molecule has 0 bridgehead atoms. The Morgan fingerprint density at radius 2 is 1.59 bits per heavy atom. The molecule has 0 saturated carbocycles. The summed E-state index contributed by atoms with van der Waals surface area (Å²) in [6, 6.07) is 15.4. The third kappa shape index (κ3) is 6.71. The molecule has 1 aliphatic heterocycles. The lowest BCUT2D eigenvalue weighted by Gasteiger charge is -2.36. The van der Waals surface area contributed by atoms with E-state index in [0.717, 1.165) is 0 Å². The number of hydrogen-bond acceptors (Lipinski definition) is 5. The molecule has 1 heterocycles.